The fourth-order valence-corrected chi connectivity index (χ4v) is 7.97. The summed E-state index contributed by atoms with van der Waals surface area (Å²) >= 11 is 0. The fraction of sp³-hybridized carbons (Fsp3) is 0.702. The average Bonchev–Trinajstić information content (AvgIpc) is 3.57. The van der Waals surface area contributed by atoms with Crippen molar-refractivity contribution in [1.82, 2.24) is 46.3 Å². The van der Waals surface area contributed by atoms with Crippen molar-refractivity contribution in [2.75, 3.05) is 91.6 Å². The van der Waals surface area contributed by atoms with Gasteiger partial charge in [-0.05, 0) is 68.5 Å². The Bertz CT molecular complexity index is 1780. The molecule has 0 radical (unpaired) electrons. The van der Waals surface area contributed by atoms with Gasteiger partial charge in [-0.3, -0.25) is 48.3 Å². The zero-order chi connectivity index (χ0) is 50.9. The van der Waals surface area contributed by atoms with Gasteiger partial charge in [0.15, 0.2) is 6.23 Å². The van der Waals surface area contributed by atoms with Gasteiger partial charge < -0.3 is 41.5 Å². The molecule has 4 amide bonds. The Hall–Kier alpha value is -5.30. The Kier molecular flexibility index (Phi) is 29.4. The van der Waals surface area contributed by atoms with Crippen LogP contribution in [0.25, 0.3) is 0 Å². The third kappa shape index (κ3) is 26.1. The van der Waals surface area contributed by atoms with Gasteiger partial charge in [0.1, 0.15) is 11.9 Å². The number of unbranched alkanes of at least 4 members (excludes halogenated alkanes) is 5. The van der Waals surface area contributed by atoms with Crippen LogP contribution in [0.3, 0.4) is 0 Å². The van der Waals surface area contributed by atoms with Crippen molar-refractivity contribution in [3.8, 4) is 0 Å². The lowest BCUT2D eigenvalue weighted by atomic mass is 10.0. The van der Waals surface area contributed by atoms with Gasteiger partial charge in [-0.1, -0.05) is 68.4 Å². The first kappa shape index (κ1) is 59.0. The maximum absolute atomic E-state index is 13.4. The summed E-state index contributed by atoms with van der Waals surface area (Å²) in [6, 6.07) is 7.46. The number of hydroxylamine groups is 1. The van der Waals surface area contributed by atoms with Gasteiger partial charge >= 0.3 is 17.9 Å². The van der Waals surface area contributed by atoms with Crippen LogP contribution in [-0.4, -0.2) is 192 Å². The molecular weight excluding hydrogens is 913 g/mol. The predicted octanol–water partition coefficient (Wildman–Crippen LogP) is 1.14. The second-order valence-corrected chi connectivity index (χ2v) is 17.6. The van der Waals surface area contributed by atoms with Crippen LogP contribution in [-0.2, 0) is 54.9 Å². The smallest absolute Gasteiger partial charge is 0.320 e. The number of rotatable bonds is 31. The standard InChI is InChI=1S/C47H78N10O13/c1-3-5-22-48-39(58)17-11-6-7-12-18-40(59)49-23-14-13-19-43-52-46(53-69-70-68-43)37(32-36-15-9-8-10-16-36)51-42(61)33-50-41(60)21-20-38(47(66)67)57-30-28-54(4-2)24-25-55(34-44(62)63)26-27-56(29-31-57)35-45(64)65/h8-10,15-16,37-38,43H,3-7,11-14,17-35H2,1-2H3,(H,48,58)(H,49,59)(H,50,60)(H,51,61)(H,52,53)(H,62,63)(H,64,65)(H,66,67). The van der Waals surface area contributed by atoms with Crippen molar-refractivity contribution >= 4 is 47.4 Å². The Labute approximate surface area is 411 Å². The first-order valence-electron chi connectivity index (χ1n) is 24.8. The van der Waals surface area contributed by atoms with E-state index in [1.54, 1.807) is 14.7 Å². The first-order chi connectivity index (χ1) is 33.8. The van der Waals surface area contributed by atoms with E-state index >= 15 is 0 Å². The minimum atomic E-state index is -1.14. The largest absolute Gasteiger partial charge is 0.480 e. The molecule has 0 aromatic heterocycles. The molecule has 1 aromatic rings. The SMILES string of the molecule is CCCCNC(=O)CCCCCCC(=O)NCCCCC1N=C(C(Cc2ccccc2)NC(=O)CNC(=O)CCC(C(=O)O)N2CCN(CC)CCN(CC(=O)O)CCN(CC(=O)O)CC2)NOOO1. The molecule has 23 nitrogen and oxygen atoms in total. The highest BCUT2D eigenvalue weighted by Gasteiger charge is 2.29. The van der Waals surface area contributed by atoms with Crippen LogP contribution in [0.15, 0.2) is 35.3 Å². The minimum Gasteiger partial charge on any atom is -0.480 e. The zero-order valence-electron chi connectivity index (χ0n) is 41.1. The van der Waals surface area contributed by atoms with E-state index in [9.17, 15) is 48.9 Å². The number of carbonyl (C=O) groups excluding carboxylic acids is 4. The number of amides is 4. The number of nitrogens with one attached hydrogen (secondary N) is 5. The minimum absolute atomic E-state index is 0.0315. The number of benzene rings is 1. The number of aliphatic carboxylic acids is 3. The monoisotopic (exact) mass is 991 g/mol. The van der Waals surface area contributed by atoms with Crippen LogP contribution in [0.5, 0.6) is 0 Å². The highest BCUT2D eigenvalue weighted by molar-refractivity contribution is 5.93. The predicted molar refractivity (Wildman–Crippen MR) is 258 cm³/mol. The number of aliphatic imine (C=N–C) groups is 1. The van der Waals surface area contributed by atoms with Gasteiger partial charge in [0.2, 0.25) is 23.6 Å². The van der Waals surface area contributed by atoms with Crippen LogP contribution in [0, 0.1) is 0 Å². The quantitative estimate of drug-likeness (QED) is 0.0382. The number of carboxylic acids is 3. The molecule has 2 aliphatic rings. The van der Waals surface area contributed by atoms with E-state index in [1.807, 2.05) is 37.3 Å². The third-order valence-electron chi connectivity index (χ3n) is 12.0. The van der Waals surface area contributed by atoms with Gasteiger partial charge in [0, 0.05) is 84.7 Å². The summed E-state index contributed by atoms with van der Waals surface area (Å²) in [5.41, 5.74) is 3.46. The van der Waals surface area contributed by atoms with Crippen LogP contribution in [0.4, 0.5) is 0 Å². The molecule has 0 aliphatic carbocycles. The summed E-state index contributed by atoms with van der Waals surface area (Å²) < 4.78 is 0. The van der Waals surface area contributed by atoms with Crippen LogP contribution < -0.4 is 26.7 Å². The maximum atomic E-state index is 13.4. The first-order valence-corrected chi connectivity index (χ1v) is 24.8. The lowest BCUT2D eigenvalue weighted by molar-refractivity contribution is -0.536. The third-order valence-corrected chi connectivity index (χ3v) is 12.0. The van der Waals surface area contributed by atoms with Crippen molar-refractivity contribution < 1.29 is 63.8 Å². The summed E-state index contributed by atoms with van der Waals surface area (Å²) in [5.74, 6) is -4.04. The van der Waals surface area contributed by atoms with Crippen LogP contribution in [0.2, 0.25) is 0 Å². The lowest BCUT2D eigenvalue weighted by Crippen LogP contribution is -2.51. The van der Waals surface area contributed by atoms with Crippen LogP contribution >= 0.6 is 0 Å². The Morgan fingerprint density at radius 3 is 1.84 bits per heavy atom. The molecular formula is C47H78N10O13. The van der Waals surface area contributed by atoms with E-state index in [4.69, 9.17) is 14.9 Å². The normalized spacial score (nSPS) is 17.8. The molecule has 0 bridgehead atoms. The summed E-state index contributed by atoms with van der Waals surface area (Å²) in [7, 11) is 0. The van der Waals surface area contributed by atoms with Gasteiger partial charge in [-0.2, -0.15) is 4.89 Å². The molecule has 23 heteroatoms. The van der Waals surface area contributed by atoms with Crippen molar-refractivity contribution in [2.45, 2.75) is 122 Å². The second kappa shape index (κ2) is 34.9. The second-order valence-electron chi connectivity index (χ2n) is 17.6. The summed E-state index contributed by atoms with van der Waals surface area (Å²) in [5, 5.41) is 45.5. The molecule has 3 rings (SSSR count). The molecule has 1 aromatic carbocycles. The Morgan fingerprint density at radius 2 is 1.26 bits per heavy atom. The number of carbonyl (C=O) groups is 7. The molecule has 3 atom stereocenters. The number of nitrogens with zero attached hydrogens (tertiary/aromatic N) is 5. The van der Waals surface area contributed by atoms with Crippen molar-refractivity contribution in [3.63, 3.8) is 0 Å². The number of carboxylic acid groups (broad SMARTS) is 3. The highest BCUT2D eigenvalue weighted by atomic mass is 17.5. The van der Waals surface area contributed by atoms with Crippen molar-refractivity contribution in [3.05, 3.63) is 35.9 Å². The van der Waals surface area contributed by atoms with Gasteiger partial charge in [0.05, 0.1) is 25.7 Å². The van der Waals surface area contributed by atoms with Crippen molar-refractivity contribution in [1.29, 1.82) is 0 Å². The number of amidine groups is 1. The highest BCUT2D eigenvalue weighted by Crippen LogP contribution is 2.14. The summed E-state index contributed by atoms with van der Waals surface area (Å²) in [6.45, 7) is 7.64. The zero-order valence-corrected chi connectivity index (χ0v) is 41.1. The Morgan fingerprint density at radius 1 is 0.686 bits per heavy atom. The molecule has 70 heavy (non-hydrogen) atoms. The van der Waals surface area contributed by atoms with Crippen LogP contribution in [0.1, 0.15) is 103 Å². The van der Waals surface area contributed by atoms with E-state index in [0.29, 0.717) is 84.5 Å². The van der Waals surface area contributed by atoms with E-state index < -0.39 is 54.6 Å². The number of likely N-dealkylation sites (N-methyl/N-ethyl adjacent to an activating group) is 1. The average molecular weight is 991 g/mol. The molecule has 2 heterocycles. The van der Waals surface area contributed by atoms with Gasteiger partial charge in [-0.15, -0.1) is 0 Å². The van der Waals surface area contributed by atoms with E-state index in [-0.39, 0.29) is 69.6 Å². The molecule has 8 N–H and O–H groups in total. The summed E-state index contributed by atoms with van der Waals surface area (Å²) in [6.07, 6.45) is 7.09. The van der Waals surface area contributed by atoms with Gasteiger partial charge in [0.25, 0.3) is 0 Å². The van der Waals surface area contributed by atoms with E-state index in [1.165, 1.54) is 0 Å². The molecule has 394 valence electrons. The molecule has 0 spiro atoms. The molecule has 2 aliphatic heterocycles. The van der Waals surface area contributed by atoms with Crippen molar-refractivity contribution in [2.24, 2.45) is 4.99 Å². The van der Waals surface area contributed by atoms with E-state index in [0.717, 1.165) is 44.1 Å². The van der Waals surface area contributed by atoms with E-state index in [2.05, 4.69) is 43.6 Å². The molecule has 0 saturated carbocycles. The topological polar surface area (TPSA) is 293 Å². The molecule has 3 unspecified atom stereocenters. The number of hydrogen-bond acceptors (Lipinski definition) is 16. The molecule has 1 saturated heterocycles. The fourth-order valence-electron chi connectivity index (χ4n) is 7.97. The Balaban J connectivity index is 1.52. The van der Waals surface area contributed by atoms with Gasteiger partial charge in [-0.25, -0.2) is 10.5 Å². The number of hydrogen-bond donors (Lipinski definition) is 8. The summed E-state index contributed by atoms with van der Waals surface area (Å²) in [4.78, 5) is 109. The lowest BCUT2D eigenvalue weighted by Gasteiger charge is -2.35. The maximum Gasteiger partial charge on any atom is 0.320 e. The molecule has 1 fully saturated rings.